The molecule has 1 aliphatic rings. The van der Waals surface area contributed by atoms with E-state index in [-0.39, 0.29) is 12.5 Å². The maximum Gasteiger partial charge on any atom is 0.304 e. The molecule has 2 rings (SSSR count). The van der Waals surface area contributed by atoms with Gasteiger partial charge in [-0.2, -0.15) is 0 Å². The van der Waals surface area contributed by atoms with Gasteiger partial charge in [-0.1, -0.05) is 6.42 Å². The standard InChI is InChI=1S/C15H22N2O3/c1-11-7-14(20-2)8-12(16-11)10-17-6-4-3-5-13(17)9-15(18)19/h7-8,13H,3-6,9-10H2,1-2H3,(H,18,19). The molecule has 1 aromatic heterocycles. The molecule has 1 aliphatic heterocycles. The number of piperidine rings is 1. The van der Waals surface area contributed by atoms with Crippen molar-refractivity contribution in [3.05, 3.63) is 23.5 Å². The minimum Gasteiger partial charge on any atom is -0.497 e. The van der Waals surface area contributed by atoms with Crippen molar-refractivity contribution < 1.29 is 14.6 Å². The van der Waals surface area contributed by atoms with Crippen LogP contribution >= 0.6 is 0 Å². The predicted octanol–water partition coefficient (Wildman–Crippen LogP) is 2.23. The van der Waals surface area contributed by atoms with E-state index in [2.05, 4.69) is 9.88 Å². The van der Waals surface area contributed by atoms with Crippen LogP contribution in [-0.2, 0) is 11.3 Å². The summed E-state index contributed by atoms with van der Waals surface area (Å²) in [5.74, 6) is 0.0796. The molecule has 0 amide bonds. The Morgan fingerprint density at radius 1 is 1.50 bits per heavy atom. The highest BCUT2D eigenvalue weighted by atomic mass is 16.5. The molecule has 1 unspecified atom stereocenters. The molecule has 0 bridgehead atoms. The van der Waals surface area contributed by atoms with Gasteiger partial charge in [0.2, 0.25) is 0 Å². The Morgan fingerprint density at radius 3 is 3.00 bits per heavy atom. The van der Waals surface area contributed by atoms with Gasteiger partial charge >= 0.3 is 5.97 Å². The lowest BCUT2D eigenvalue weighted by molar-refractivity contribution is -0.138. The highest BCUT2D eigenvalue weighted by Crippen LogP contribution is 2.23. The number of aromatic nitrogens is 1. The van der Waals surface area contributed by atoms with Crippen molar-refractivity contribution in [3.63, 3.8) is 0 Å². The molecule has 1 saturated heterocycles. The minimum atomic E-state index is -0.725. The molecule has 0 saturated carbocycles. The Hall–Kier alpha value is -1.62. The van der Waals surface area contributed by atoms with Gasteiger partial charge in [-0.05, 0) is 26.3 Å². The van der Waals surface area contributed by atoms with Gasteiger partial charge < -0.3 is 9.84 Å². The minimum absolute atomic E-state index is 0.120. The molecular weight excluding hydrogens is 256 g/mol. The van der Waals surface area contributed by atoms with Crippen molar-refractivity contribution in [1.29, 1.82) is 0 Å². The predicted molar refractivity (Wildman–Crippen MR) is 75.8 cm³/mol. The maximum atomic E-state index is 11.0. The summed E-state index contributed by atoms with van der Waals surface area (Å²) in [5, 5.41) is 9.01. The molecule has 0 spiro atoms. The Balaban J connectivity index is 2.09. The topological polar surface area (TPSA) is 62.7 Å². The summed E-state index contributed by atoms with van der Waals surface area (Å²) in [6, 6.07) is 3.95. The summed E-state index contributed by atoms with van der Waals surface area (Å²) in [6.45, 7) is 3.57. The molecule has 1 N–H and O–H groups in total. The third-order valence-corrected chi connectivity index (χ3v) is 3.74. The highest BCUT2D eigenvalue weighted by molar-refractivity contribution is 5.67. The van der Waals surface area contributed by atoms with Gasteiger partial charge in [0.05, 0.1) is 19.2 Å². The smallest absolute Gasteiger partial charge is 0.304 e. The van der Waals surface area contributed by atoms with Crippen molar-refractivity contribution in [1.82, 2.24) is 9.88 Å². The molecule has 20 heavy (non-hydrogen) atoms. The van der Waals surface area contributed by atoms with Crippen LogP contribution in [0.2, 0.25) is 0 Å². The van der Waals surface area contributed by atoms with Crippen LogP contribution in [0.5, 0.6) is 5.75 Å². The number of hydrogen-bond donors (Lipinski definition) is 1. The van der Waals surface area contributed by atoms with E-state index in [1.165, 1.54) is 0 Å². The second kappa shape index (κ2) is 6.70. The Labute approximate surface area is 119 Å². The zero-order valence-electron chi connectivity index (χ0n) is 12.1. The van der Waals surface area contributed by atoms with Crippen molar-refractivity contribution in [2.45, 2.75) is 45.2 Å². The van der Waals surface area contributed by atoms with E-state index < -0.39 is 5.97 Å². The van der Waals surface area contributed by atoms with E-state index in [9.17, 15) is 4.79 Å². The number of carbonyl (C=O) groups is 1. The van der Waals surface area contributed by atoms with Crippen LogP contribution in [0, 0.1) is 6.92 Å². The Bertz CT molecular complexity index is 476. The van der Waals surface area contributed by atoms with Gasteiger partial charge in [-0.15, -0.1) is 0 Å². The number of hydrogen-bond acceptors (Lipinski definition) is 4. The summed E-state index contributed by atoms with van der Waals surface area (Å²) >= 11 is 0. The third kappa shape index (κ3) is 3.93. The van der Waals surface area contributed by atoms with E-state index in [4.69, 9.17) is 9.84 Å². The number of nitrogens with zero attached hydrogens (tertiary/aromatic N) is 2. The first-order chi connectivity index (χ1) is 9.58. The number of aryl methyl sites for hydroxylation is 1. The summed E-state index contributed by atoms with van der Waals surface area (Å²) < 4.78 is 5.26. The average molecular weight is 278 g/mol. The lowest BCUT2D eigenvalue weighted by Crippen LogP contribution is -2.40. The monoisotopic (exact) mass is 278 g/mol. The summed E-state index contributed by atoms with van der Waals surface area (Å²) in [7, 11) is 1.65. The van der Waals surface area contributed by atoms with Crippen molar-refractivity contribution >= 4 is 5.97 Å². The van der Waals surface area contributed by atoms with Gasteiger partial charge in [0.25, 0.3) is 0 Å². The average Bonchev–Trinajstić information content (AvgIpc) is 2.39. The zero-order valence-corrected chi connectivity index (χ0v) is 12.1. The number of methoxy groups -OCH3 is 1. The molecule has 5 nitrogen and oxygen atoms in total. The lowest BCUT2D eigenvalue weighted by atomic mass is 9.99. The van der Waals surface area contributed by atoms with Gasteiger partial charge in [-0.3, -0.25) is 14.7 Å². The molecule has 110 valence electrons. The van der Waals surface area contributed by atoms with Crippen molar-refractivity contribution in [3.8, 4) is 5.75 Å². The Morgan fingerprint density at radius 2 is 2.30 bits per heavy atom. The third-order valence-electron chi connectivity index (χ3n) is 3.74. The van der Waals surface area contributed by atoms with Gasteiger partial charge in [-0.25, -0.2) is 0 Å². The van der Waals surface area contributed by atoms with E-state index >= 15 is 0 Å². The molecule has 0 aliphatic carbocycles. The SMILES string of the molecule is COc1cc(C)nc(CN2CCCCC2CC(=O)O)c1. The molecule has 2 heterocycles. The molecule has 1 atom stereocenters. The maximum absolute atomic E-state index is 11.0. The number of rotatable bonds is 5. The lowest BCUT2D eigenvalue weighted by Gasteiger charge is -2.34. The normalized spacial score (nSPS) is 19.8. The first-order valence-electron chi connectivity index (χ1n) is 7.06. The highest BCUT2D eigenvalue weighted by Gasteiger charge is 2.25. The number of ether oxygens (including phenoxy) is 1. The molecule has 1 fully saturated rings. The summed E-state index contributed by atoms with van der Waals surface area (Å²) in [5.41, 5.74) is 1.87. The molecule has 0 aromatic carbocycles. The van der Waals surface area contributed by atoms with Crippen LogP contribution in [0.1, 0.15) is 37.1 Å². The number of pyridine rings is 1. The number of carboxylic acids is 1. The van der Waals surface area contributed by atoms with Crippen LogP contribution in [0.4, 0.5) is 0 Å². The van der Waals surface area contributed by atoms with E-state index in [1.54, 1.807) is 7.11 Å². The Kier molecular flexibility index (Phi) is 4.95. The van der Waals surface area contributed by atoms with Crippen LogP contribution in [0.25, 0.3) is 0 Å². The van der Waals surface area contributed by atoms with E-state index in [0.717, 1.165) is 42.9 Å². The summed E-state index contributed by atoms with van der Waals surface area (Å²) in [6.07, 6.45) is 3.40. The molecular formula is C15H22N2O3. The zero-order chi connectivity index (χ0) is 14.5. The van der Waals surface area contributed by atoms with E-state index in [0.29, 0.717) is 6.54 Å². The second-order valence-corrected chi connectivity index (χ2v) is 5.36. The first kappa shape index (κ1) is 14.8. The van der Waals surface area contributed by atoms with Crippen molar-refractivity contribution in [2.24, 2.45) is 0 Å². The van der Waals surface area contributed by atoms with E-state index in [1.807, 2.05) is 19.1 Å². The largest absolute Gasteiger partial charge is 0.497 e. The fourth-order valence-corrected chi connectivity index (χ4v) is 2.81. The fraction of sp³-hybridized carbons (Fsp3) is 0.600. The molecule has 5 heteroatoms. The number of likely N-dealkylation sites (tertiary alicyclic amines) is 1. The van der Waals surface area contributed by atoms with Crippen LogP contribution in [-0.4, -0.2) is 40.7 Å². The van der Waals surface area contributed by atoms with Crippen LogP contribution in [0.15, 0.2) is 12.1 Å². The van der Waals surface area contributed by atoms with Gasteiger partial charge in [0.1, 0.15) is 5.75 Å². The quantitative estimate of drug-likeness (QED) is 0.895. The van der Waals surface area contributed by atoms with Crippen molar-refractivity contribution in [2.75, 3.05) is 13.7 Å². The summed E-state index contributed by atoms with van der Waals surface area (Å²) in [4.78, 5) is 17.7. The first-order valence-corrected chi connectivity index (χ1v) is 7.06. The second-order valence-electron chi connectivity index (χ2n) is 5.36. The fourth-order valence-electron chi connectivity index (χ4n) is 2.81. The number of carboxylic acid groups (broad SMARTS) is 1. The van der Waals surface area contributed by atoms with Crippen LogP contribution in [0.3, 0.4) is 0 Å². The van der Waals surface area contributed by atoms with Crippen LogP contribution < -0.4 is 4.74 Å². The molecule has 0 radical (unpaired) electrons. The van der Waals surface area contributed by atoms with Gasteiger partial charge in [0, 0.05) is 30.4 Å². The molecule has 1 aromatic rings. The number of aliphatic carboxylic acids is 1. The van der Waals surface area contributed by atoms with Gasteiger partial charge in [0.15, 0.2) is 0 Å².